The van der Waals surface area contributed by atoms with Crippen molar-refractivity contribution < 1.29 is 0 Å². The van der Waals surface area contributed by atoms with Gasteiger partial charge in [0.25, 0.3) is 0 Å². The van der Waals surface area contributed by atoms with Gasteiger partial charge in [-0.05, 0) is 32.8 Å². The largest absolute Gasteiger partial charge is 0.354 e. The van der Waals surface area contributed by atoms with Gasteiger partial charge in [-0.15, -0.1) is 21.5 Å². The quantitative estimate of drug-likeness (QED) is 0.773. The lowest BCUT2D eigenvalue weighted by Gasteiger charge is -2.01. The number of aromatic nitrogens is 4. The normalized spacial score (nSPS) is 8.67. The fourth-order valence-electron chi connectivity index (χ4n) is 1.42. The molecule has 0 saturated heterocycles. The summed E-state index contributed by atoms with van der Waals surface area (Å²) in [5.41, 5.74) is 0.999. The number of hydrogen-bond acceptors (Lipinski definition) is 6. The van der Waals surface area contributed by atoms with Gasteiger partial charge in [-0.3, -0.25) is 0 Å². The smallest absolute Gasteiger partial charge is 0.222 e. The van der Waals surface area contributed by atoms with Crippen molar-refractivity contribution in [2.45, 2.75) is 74.7 Å². The highest BCUT2D eigenvalue weighted by Crippen LogP contribution is 2.09. The third-order valence-electron chi connectivity index (χ3n) is 2.36. The Kier molecular flexibility index (Phi) is 18.3. The maximum absolute atomic E-state index is 4.19. The van der Waals surface area contributed by atoms with E-state index in [0.717, 1.165) is 47.5 Å². The van der Waals surface area contributed by atoms with E-state index in [4.69, 9.17) is 0 Å². The summed E-state index contributed by atoms with van der Waals surface area (Å²) < 4.78 is 0. The molecule has 0 saturated carbocycles. The Morgan fingerprint density at radius 1 is 1.00 bits per heavy atom. The maximum atomic E-state index is 4.19. The molecular weight excluding hydrogens is 318 g/mol. The van der Waals surface area contributed by atoms with Crippen LogP contribution in [0.15, 0.2) is 12.3 Å². The first-order valence-electron chi connectivity index (χ1n) is 8.98. The number of hydrogen-bond donors (Lipinski definition) is 1. The predicted molar refractivity (Wildman–Crippen MR) is 107 cm³/mol. The third kappa shape index (κ3) is 12.9. The molecule has 24 heavy (non-hydrogen) atoms. The van der Waals surface area contributed by atoms with Crippen molar-refractivity contribution in [3.05, 3.63) is 28.0 Å². The summed E-state index contributed by atoms with van der Waals surface area (Å²) in [7, 11) is 0. The van der Waals surface area contributed by atoms with Crippen LogP contribution in [0.4, 0.5) is 5.95 Å². The zero-order valence-corrected chi connectivity index (χ0v) is 17.5. The fourth-order valence-corrected chi connectivity index (χ4v) is 2.23. The molecule has 6 heteroatoms. The van der Waals surface area contributed by atoms with Crippen molar-refractivity contribution >= 4 is 17.3 Å². The Morgan fingerprint density at radius 2 is 1.67 bits per heavy atom. The molecule has 0 aliphatic carbocycles. The maximum Gasteiger partial charge on any atom is 0.222 e. The molecule has 0 aromatic carbocycles. The van der Waals surface area contributed by atoms with Crippen LogP contribution in [0.1, 0.15) is 70.1 Å². The number of nitrogens with zero attached hydrogens (tertiary/aromatic N) is 4. The van der Waals surface area contributed by atoms with E-state index < -0.39 is 0 Å². The average molecular weight is 354 g/mol. The summed E-state index contributed by atoms with van der Waals surface area (Å²) in [6, 6.07) is 1.89. The molecular formula is C18H35N5S. The molecule has 1 N–H and O–H groups in total. The van der Waals surface area contributed by atoms with Crippen molar-refractivity contribution in [2.75, 3.05) is 11.9 Å². The molecule has 2 aromatic rings. The van der Waals surface area contributed by atoms with Crippen LogP contribution in [0.2, 0.25) is 0 Å². The van der Waals surface area contributed by atoms with E-state index in [9.17, 15) is 0 Å². The van der Waals surface area contributed by atoms with Gasteiger partial charge in [0.2, 0.25) is 5.95 Å². The monoisotopic (exact) mass is 353 g/mol. The number of aryl methyl sites for hydroxylation is 3. The van der Waals surface area contributed by atoms with Crippen LogP contribution >= 0.6 is 11.3 Å². The Bertz CT molecular complexity index is 500. The van der Waals surface area contributed by atoms with E-state index in [1.165, 1.54) is 0 Å². The van der Waals surface area contributed by atoms with Crippen LogP contribution in [0.5, 0.6) is 0 Å². The summed E-state index contributed by atoms with van der Waals surface area (Å²) in [6.07, 6.45) is 5.10. The molecule has 0 atom stereocenters. The Morgan fingerprint density at radius 3 is 2.12 bits per heavy atom. The fraction of sp³-hybridized carbons (Fsp3) is 0.667. The van der Waals surface area contributed by atoms with E-state index in [1.807, 2.05) is 47.6 Å². The van der Waals surface area contributed by atoms with Gasteiger partial charge in [0, 0.05) is 24.9 Å². The number of anilines is 1. The van der Waals surface area contributed by atoms with E-state index in [-0.39, 0.29) is 0 Å². The van der Waals surface area contributed by atoms with Gasteiger partial charge in [0.1, 0.15) is 10.0 Å². The second-order valence-electron chi connectivity index (χ2n) is 4.41. The predicted octanol–water partition coefficient (Wildman–Crippen LogP) is 5.46. The SMILES string of the molecule is CC.CC.CCCNc1nccc(C)n1.CCCc1nnc(C)s1. The van der Waals surface area contributed by atoms with Crippen molar-refractivity contribution in [3.63, 3.8) is 0 Å². The summed E-state index contributed by atoms with van der Waals surface area (Å²) in [5, 5.41) is 13.2. The highest BCUT2D eigenvalue weighted by Gasteiger charge is 1.96. The topological polar surface area (TPSA) is 63.6 Å². The molecule has 0 amide bonds. The standard InChI is InChI=1S/C8H13N3.C6H10N2S.2C2H6/c1-3-5-9-8-10-6-4-7(2)11-8;1-3-4-6-8-7-5(2)9-6;2*1-2/h4,6H,3,5H2,1-2H3,(H,9,10,11);3-4H2,1-2H3;2*1-2H3. The Labute approximate surface area is 152 Å². The second-order valence-corrected chi connectivity index (χ2v) is 5.68. The first-order chi connectivity index (χ1) is 11.7. The molecule has 0 aliphatic heterocycles. The van der Waals surface area contributed by atoms with Gasteiger partial charge in [0.15, 0.2) is 0 Å². The van der Waals surface area contributed by atoms with Crippen LogP contribution in [-0.4, -0.2) is 26.7 Å². The molecule has 5 nitrogen and oxygen atoms in total. The van der Waals surface area contributed by atoms with E-state index in [0.29, 0.717) is 0 Å². The van der Waals surface area contributed by atoms with Gasteiger partial charge in [-0.1, -0.05) is 41.5 Å². The van der Waals surface area contributed by atoms with Crippen molar-refractivity contribution in [2.24, 2.45) is 0 Å². The van der Waals surface area contributed by atoms with E-state index in [1.54, 1.807) is 17.5 Å². The molecule has 0 radical (unpaired) electrons. The zero-order chi connectivity index (χ0) is 18.8. The van der Waals surface area contributed by atoms with Crippen molar-refractivity contribution in [1.82, 2.24) is 20.2 Å². The van der Waals surface area contributed by atoms with Crippen LogP contribution in [0, 0.1) is 13.8 Å². The minimum Gasteiger partial charge on any atom is -0.354 e. The number of nitrogens with one attached hydrogen (secondary N) is 1. The molecule has 2 aromatic heterocycles. The lowest BCUT2D eigenvalue weighted by Crippen LogP contribution is -2.04. The van der Waals surface area contributed by atoms with Gasteiger partial charge in [0.05, 0.1) is 0 Å². The van der Waals surface area contributed by atoms with Crippen LogP contribution in [0.25, 0.3) is 0 Å². The zero-order valence-electron chi connectivity index (χ0n) is 16.7. The summed E-state index contributed by atoms with van der Waals surface area (Å²) in [4.78, 5) is 8.24. The first-order valence-corrected chi connectivity index (χ1v) is 9.79. The average Bonchev–Trinajstić information content (AvgIpc) is 3.03. The highest BCUT2D eigenvalue weighted by atomic mass is 32.1. The van der Waals surface area contributed by atoms with Crippen LogP contribution in [-0.2, 0) is 6.42 Å². The van der Waals surface area contributed by atoms with Gasteiger partial charge in [-0.2, -0.15) is 0 Å². The van der Waals surface area contributed by atoms with Crippen LogP contribution in [0.3, 0.4) is 0 Å². The van der Waals surface area contributed by atoms with Gasteiger partial charge >= 0.3 is 0 Å². The minimum absolute atomic E-state index is 0.729. The van der Waals surface area contributed by atoms with Gasteiger partial charge < -0.3 is 5.32 Å². The summed E-state index contributed by atoms with van der Waals surface area (Å²) in [5.74, 6) is 0.729. The molecule has 2 heterocycles. The second kappa shape index (κ2) is 17.8. The molecule has 0 aliphatic rings. The molecule has 138 valence electrons. The Hall–Kier alpha value is -1.56. The summed E-state index contributed by atoms with van der Waals surface area (Å²) >= 11 is 1.69. The van der Waals surface area contributed by atoms with Crippen LogP contribution < -0.4 is 5.32 Å². The van der Waals surface area contributed by atoms with Crippen molar-refractivity contribution in [3.8, 4) is 0 Å². The lowest BCUT2D eigenvalue weighted by atomic mass is 10.4. The molecule has 2 rings (SSSR count). The third-order valence-corrected chi connectivity index (χ3v) is 3.26. The van der Waals surface area contributed by atoms with Crippen molar-refractivity contribution in [1.29, 1.82) is 0 Å². The molecule has 0 fully saturated rings. The molecule has 0 bridgehead atoms. The Balaban J connectivity index is 0. The van der Waals surface area contributed by atoms with E-state index in [2.05, 4.69) is 39.3 Å². The van der Waals surface area contributed by atoms with E-state index >= 15 is 0 Å². The molecule has 0 unspecified atom stereocenters. The lowest BCUT2D eigenvalue weighted by molar-refractivity contribution is 0.874. The van der Waals surface area contributed by atoms with Gasteiger partial charge in [-0.25, -0.2) is 9.97 Å². The molecule has 0 spiro atoms. The number of rotatable bonds is 5. The summed E-state index contributed by atoms with van der Waals surface area (Å²) in [6.45, 7) is 17.1. The highest BCUT2D eigenvalue weighted by molar-refractivity contribution is 7.11. The first kappa shape index (κ1) is 24.7. The minimum atomic E-state index is 0.729.